The summed E-state index contributed by atoms with van der Waals surface area (Å²) >= 11 is 13.9. The Morgan fingerprint density at radius 2 is 1.96 bits per heavy atom. The second-order valence-electron chi connectivity index (χ2n) is 5.84. The lowest BCUT2D eigenvalue weighted by Crippen LogP contribution is -2.20. The summed E-state index contributed by atoms with van der Waals surface area (Å²) in [7, 11) is 0. The Morgan fingerprint density at radius 1 is 1.15 bits per heavy atom. The normalized spacial score (nSPS) is 11.1. The molecule has 0 aliphatic carbocycles. The Labute approximate surface area is 168 Å². The molecule has 0 saturated carbocycles. The molecule has 4 aromatic rings. The van der Waals surface area contributed by atoms with E-state index in [-0.39, 0.29) is 12.5 Å². The molecule has 27 heavy (non-hydrogen) atoms. The first-order valence-electron chi connectivity index (χ1n) is 8.05. The molecular weight excluding hydrogens is 405 g/mol. The molecule has 0 fully saturated rings. The van der Waals surface area contributed by atoms with E-state index in [0.29, 0.717) is 31.8 Å². The quantitative estimate of drug-likeness (QED) is 0.477. The number of hydrogen-bond donors (Lipinski definition) is 1. The summed E-state index contributed by atoms with van der Waals surface area (Å²) in [6, 6.07) is 13.0. The Balaban J connectivity index is 1.54. The SMILES string of the molecule is Cc1ccc2c(Cl)cc(Cl)c(OCC(=O)Nc3nc4ccccc4s3)c2n1. The highest BCUT2D eigenvalue weighted by Gasteiger charge is 2.15. The van der Waals surface area contributed by atoms with E-state index in [1.807, 2.05) is 43.3 Å². The van der Waals surface area contributed by atoms with Gasteiger partial charge >= 0.3 is 0 Å². The number of benzene rings is 2. The molecule has 8 heteroatoms. The molecule has 1 N–H and O–H groups in total. The molecule has 2 heterocycles. The second-order valence-corrected chi connectivity index (χ2v) is 7.69. The molecule has 5 nitrogen and oxygen atoms in total. The molecule has 0 spiro atoms. The highest BCUT2D eigenvalue weighted by Crippen LogP contribution is 2.37. The number of fused-ring (bicyclic) bond motifs is 2. The summed E-state index contributed by atoms with van der Waals surface area (Å²) in [6.07, 6.45) is 0. The van der Waals surface area contributed by atoms with Crippen LogP contribution in [0, 0.1) is 6.92 Å². The van der Waals surface area contributed by atoms with E-state index in [1.54, 1.807) is 6.07 Å². The smallest absolute Gasteiger partial charge is 0.264 e. The number of rotatable bonds is 4. The van der Waals surface area contributed by atoms with Crippen LogP contribution >= 0.6 is 34.5 Å². The summed E-state index contributed by atoms with van der Waals surface area (Å²) < 4.78 is 6.68. The number of nitrogens with one attached hydrogen (secondary N) is 1. The number of carbonyl (C=O) groups excluding carboxylic acids is 1. The maximum atomic E-state index is 12.3. The molecule has 0 unspecified atom stereocenters. The summed E-state index contributed by atoms with van der Waals surface area (Å²) in [5.74, 6) is 0.0000856. The molecule has 4 rings (SSSR count). The van der Waals surface area contributed by atoms with Crippen LogP contribution in [0.25, 0.3) is 21.1 Å². The van der Waals surface area contributed by atoms with Crippen molar-refractivity contribution in [3.8, 4) is 5.75 Å². The summed E-state index contributed by atoms with van der Waals surface area (Å²) in [4.78, 5) is 21.1. The maximum absolute atomic E-state index is 12.3. The number of pyridine rings is 1. The highest BCUT2D eigenvalue weighted by atomic mass is 35.5. The van der Waals surface area contributed by atoms with Crippen molar-refractivity contribution in [1.82, 2.24) is 9.97 Å². The van der Waals surface area contributed by atoms with E-state index < -0.39 is 0 Å². The van der Waals surface area contributed by atoms with Gasteiger partial charge in [0.1, 0.15) is 5.52 Å². The molecule has 1 amide bonds. The van der Waals surface area contributed by atoms with Crippen molar-refractivity contribution in [3.63, 3.8) is 0 Å². The number of para-hydroxylation sites is 1. The van der Waals surface area contributed by atoms with Crippen LogP contribution in [0.1, 0.15) is 5.69 Å². The fourth-order valence-electron chi connectivity index (χ4n) is 2.65. The van der Waals surface area contributed by atoms with Gasteiger partial charge in [0.25, 0.3) is 5.91 Å². The van der Waals surface area contributed by atoms with Crippen LogP contribution < -0.4 is 10.1 Å². The van der Waals surface area contributed by atoms with Gasteiger partial charge in [0, 0.05) is 11.1 Å². The van der Waals surface area contributed by atoms with Gasteiger partial charge in [-0.05, 0) is 37.3 Å². The molecule has 0 saturated heterocycles. The zero-order valence-corrected chi connectivity index (χ0v) is 16.5. The van der Waals surface area contributed by atoms with Crippen molar-refractivity contribution >= 4 is 66.7 Å². The Hall–Kier alpha value is -2.41. The van der Waals surface area contributed by atoms with E-state index in [1.165, 1.54) is 11.3 Å². The molecule has 0 radical (unpaired) electrons. The molecule has 0 aliphatic heterocycles. The number of ether oxygens (including phenoxy) is 1. The zero-order valence-electron chi connectivity index (χ0n) is 14.1. The van der Waals surface area contributed by atoms with Crippen molar-refractivity contribution in [2.75, 3.05) is 11.9 Å². The van der Waals surface area contributed by atoms with Gasteiger partial charge in [0.2, 0.25) is 0 Å². The zero-order chi connectivity index (χ0) is 19.0. The van der Waals surface area contributed by atoms with E-state index in [2.05, 4.69) is 15.3 Å². The third-order valence-corrected chi connectivity index (χ3v) is 5.41. The van der Waals surface area contributed by atoms with Crippen LogP contribution in [0.15, 0.2) is 42.5 Å². The number of amides is 1. The monoisotopic (exact) mass is 417 g/mol. The van der Waals surface area contributed by atoms with E-state index in [0.717, 1.165) is 15.9 Å². The number of thiazole rings is 1. The summed E-state index contributed by atoms with van der Waals surface area (Å²) in [5.41, 5.74) is 2.16. The van der Waals surface area contributed by atoms with Gasteiger partial charge in [-0.3, -0.25) is 10.1 Å². The van der Waals surface area contributed by atoms with Gasteiger partial charge in [-0.25, -0.2) is 9.97 Å². The van der Waals surface area contributed by atoms with Crippen molar-refractivity contribution in [2.24, 2.45) is 0 Å². The van der Waals surface area contributed by atoms with Crippen molar-refractivity contribution in [1.29, 1.82) is 0 Å². The van der Waals surface area contributed by atoms with E-state index in [9.17, 15) is 4.79 Å². The Morgan fingerprint density at radius 3 is 2.78 bits per heavy atom. The predicted molar refractivity (Wildman–Crippen MR) is 110 cm³/mol. The lowest BCUT2D eigenvalue weighted by Gasteiger charge is -2.12. The maximum Gasteiger partial charge on any atom is 0.264 e. The molecule has 0 bridgehead atoms. The third-order valence-electron chi connectivity index (χ3n) is 3.87. The first-order chi connectivity index (χ1) is 13.0. The van der Waals surface area contributed by atoms with Gasteiger partial charge < -0.3 is 4.74 Å². The Kier molecular flexibility index (Phi) is 4.86. The number of aryl methyl sites for hydroxylation is 1. The van der Waals surface area contributed by atoms with Gasteiger partial charge in [-0.15, -0.1) is 0 Å². The van der Waals surface area contributed by atoms with Gasteiger partial charge in [-0.1, -0.05) is 46.7 Å². The minimum Gasteiger partial charge on any atom is -0.480 e. The standard InChI is InChI=1S/C19H13Cl2N3O2S/c1-10-6-7-11-12(20)8-13(21)18(17(11)22-10)26-9-16(25)24-19-23-14-4-2-3-5-15(14)27-19/h2-8H,9H2,1H3,(H,23,24,25). The third kappa shape index (κ3) is 3.69. The highest BCUT2D eigenvalue weighted by molar-refractivity contribution is 7.22. The number of anilines is 1. The number of carbonyl (C=O) groups is 1. The first kappa shape index (κ1) is 18.0. The average molecular weight is 418 g/mol. The van der Waals surface area contributed by atoms with Crippen molar-refractivity contribution in [2.45, 2.75) is 6.92 Å². The van der Waals surface area contributed by atoms with E-state index in [4.69, 9.17) is 27.9 Å². The summed E-state index contributed by atoms with van der Waals surface area (Å²) in [5, 5.41) is 4.77. The molecule has 136 valence electrons. The van der Waals surface area contributed by atoms with Gasteiger partial charge in [0.15, 0.2) is 17.5 Å². The molecule has 0 atom stereocenters. The summed E-state index contributed by atoms with van der Waals surface area (Å²) in [6.45, 7) is 1.64. The van der Waals surface area contributed by atoms with Crippen molar-refractivity contribution < 1.29 is 9.53 Å². The second kappa shape index (κ2) is 7.31. The minimum absolute atomic E-state index is 0.220. The fourth-order valence-corrected chi connectivity index (χ4v) is 4.10. The lowest BCUT2D eigenvalue weighted by molar-refractivity contribution is -0.118. The number of aromatic nitrogens is 2. The van der Waals surface area contributed by atoms with Gasteiger partial charge in [0.05, 0.1) is 20.3 Å². The molecular formula is C19H13Cl2N3O2S. The number of hydrogen-bond acceptors (Lipinski definition) is 5. The number of halogens is 2. The fraction of sp³-hybridized carbons (Fsp3) is 0.105. The average Bonchev–Trinajstić information content (AvgIpc) is 3.03. The van der Waals surface area contributed by atoms with Crippen LogP contribution in [0.2, 0.25) is 10.0 Å². The minimum atomic E-state index is -0.333. The van der Waals surface area contributed by atoms with E-state index >= 15 is 0 Å². The lowest BCUT2D eigenvalue weighted by atomic mass is 10.2. The Bertz CT molecular complexity index is 1140. The van der Waals surface area contributed by atoms with Crippen molar-refractivity contribution in [3.05, 3.63) is 58.2 Å². The topological polar surface area (TPSA) is 64.1 Å². The molecule has 2 aromatic heterocycles. The van der Waals surface area contributed by atoms with Crippen LogP contribution in [0.3, 0.4) is 0 Å². The van der Waals surface area contributed by atoms with Crippen LogP contribution in [-0.2, 0) is 4.79 Å². The molecule has 2 aromatic carbocycles. The van der Waals surface area contributed by atoms with Gasteiger partial charge in [-0.2, -0.15) is 0 Å². The van der Waals surface area contributed by atoms with Crippen LogP contribution in [0.5, 0.6) is 5.75 Å². The molecule has 0 aliphatic rings. The predicted octanol–water partition coefficient (Wildman–Crippen LogP) is 5.48. The van der Waals surface area contributed by atoms with Crippen LogP contribution in [-0.4, -0.2) is 22.5 Å². The van der Waals surface area contributed by atoms with Crippen LogP contribution in [0.4, 0.5) is 5.13 Å². The number of nitrogens with zero attached hydrogens (tertiary/aromatic N) is 2. The first-order valence-corrected chi connectivity index (χ1v) is 9.62. The largest absolute Gasteiger partial charge is 0.480 e.